The molecule has 0 aliphatic carbocycles. The van der Waals surface area contributed by atoms with E-state index in [1.165, 1.54) is 12.1 Å². The van der Waals surface area contributed by atoms with Gasteiger partial charge in [-0.3, -0.25) is 14.5 Å². The largest absolute Gasteiger partial charge is 0.481 e. The molecule has 1 heterocycles. The second-order valence-electron chi connectivity index (χ2n) is 5.61. The Morgan fingerprint density at radius 2 is 1.83 bits per heavy atom. The second-order valence-corrected chi connectivity index (χ2v) is 6.02. The summed E-state index contributed by atoms with van der Waals surface area (Å²) in [5, 5.41) is 8.73. The van der Waals surface area contributed by atoms with E-state index >= 15 is 0 Å². The number of benzene rings is 1. The van der Waals surface area contributed by atoms with E-state index in [9.17, 15) is 14.0 Å². The predicted octanol–water partition coefficient (Wildman–Crippen LogP) is 2.91. The molecule has 1 N–H and O–H groups in total. The number of carboxylic acid groups (broad SMARTS) is 1. The zero-order chi connectivity index (χ0) is 16.8. The molecule has 24 heavy (non-hydrogen) atoms. The van der Waals surface area contributed by atoms with Crippen LogP contribution in [0.5, 0.6) is 0 Å². The summed E-state index contributed by atoms with van der Waals surface area (Å²) < 4.78 is 13.0. The maximum Gasteiger partial charge on any atom is 0.303 e. The van der Waals surface area contributed by atoms with Gasteiger partial charge < -0.3 is 10.0 Å². The lowest BCUT2D eigenvalue weighted by molar-refractivity contribution is -0.137. The minimum Gasteiger partial charge on any atom is -0.481 e. The zero-order valence-corrected chi connectivity index (χ0v) is 14.8. The molecule has 1 aliphatic heterocycles. The van der Waals surface area contributed by atoms with Gasteiger partial charge in [-0.25, -0.2) is 4.39 Å². The average Bonchev–Trinajstić information content (AvgIpc) is 2.51. The van der Waals surface area contributed by atoms with Crippen LogP contribution in [-0.4, -0.2) is 59.5 Å². The van der Waals surface area contributed by atoms with Gasteiger partial charge in [0, 0.05) is 32.6 Å². The Hall–Kier alpha value is -1.37. The maximum absolute atomic E-state index is 13.0. The summed E-state index contributed by atoms with van der Waals surface area (Å²) in [5.74, 6) is -1.41. The average molecular weight is 379 g/mol. The number of hydrogen-bond acceptors (Lipinski definition) is 3. The van der Waals surface area contributed by atoms with Crippen molar-refractivity contribution in [2.24, 2.45) is 0 Å². The molecule has 0 atom stereocenters. The van der Waals surface area contributed by atoms with Gasteiger partial charge in [0.15, 0.2) is 0 Å². The molecule has 0 radical (unpaired) electrons. The van der Waals surface area contributed by atoms with Gasteiger partial charge in [0.25, 0.3) is 5.91 Å². The Balaban J connectivity index is 0.00000288. The molecule has 1 amide bonds. The number of amides is 1. The number of aliphatic carboxylic acids is 1. The molecule has 0 unspecified atom stereocenters. The normalized spacial score (nSPS) is 15.0. The lowest BCUT2D eigenvalue weighted by atomic mass is 10.1. The molecule has 0 aromatic heterocycles. The number of unbranched alkanes of at least 4 members (excludes halogenated alkanes) is 1. The van der Waals surface area contributed by atoms with Crippen molar-refractivity contribution in [3.8, 4) is 0 Å². The Kier molecular flexibility index (Phi) is 8.45. The number of rotatable bonds is 6. The topological polar surface area (TPSA) is 60.9 Å². The van der Waals surface area contributed by atoms with E-state index < -0.39 is 11.8 Å². The lowest BCUT2D eigenvalue weighted by Gasteiger charge is -2.34. The quantitative estimate of drug-likeness (QED) is 0.773. The lowest BCUT2D eigenvalue weighted by Crippen LogP contribution is -2.48. The first-order chi connectivity index (χ1) is 11.0. The van der Waals surface area contributed by atoms with Gasteiger partial charge in [0.2, 0.25) is 0 Å². The van der Waals surface area contributed by atoms with Crippen LogP contribution in [0.4, 0.5) is 4.39 Å². The number of hydrogen-bond donors (Lipinski definition) is 1. The third-order valence-corrected chi connectivity index (χ3v) is 4.25. The summed E-state index contributed by atoms with van der Waals surface area (Å²) in [6.45, 7) is 3.51. The third kappa shape index (κ3) is 5.92. The van der Waals surface area contributed by atoms with E-state index in [1.807, 2.05) is 0 Å². The third-order valence-electron chi connectivity index (χ3n) is 3.94. The van der Waals surface area contributed by atoms with Crippen LogP contribution in [0.25, 0.3) is 0 Å². The van der Waals surface area contributed by atoms with Gasteiger partial charge in [0.05, 0.1) is 10.6 Å². The van der Waals surface area contributed by atoms with Gasteiger partial charge >= 0.3 is 5.97 Å². The van der Waals surface area contributed by atoms with E-state index in [0.717, 1.165) is 32.1 Å². The van der Waals surface area contributed by atoms with Crippen LogP contribution in [0.3, 0.4) is 0 Å². The summed E-state index contributed by atoms with van der Waals surface area (Å²) in [5.41, 5.74) is 0.322. The number of piperazine rings is 1. The standard InChI is InChI=1S/C16H20ClFN2O3.ClH/c17-14-11-12(18)4-5-13(14)16(23)20-9-7-19(8-10-20)6-2-1-3-15(21)22;/h4-5,11H,1-3,6-10H2,(H,21,22);1H. The summed E-state index contributed by atoms with van der Waals surface area (Å²) in [4.78, 5) is 26.8. The van der Waals surface area contributed by atoms with Crippen LogP contribution in [-0.2, 0) is 4.79 Å². The van der Waals surface area contributed by atoms with Crippen molar-refractivity contribution in [2.75, 3.05) is 32.7 Å². The number of halogens is 3. The first kappa shape index (κ1) is 20.7. The maximum atomic E-state index is 13.0. The van der Waals surface area contributed by atoms with Gasteiger partial charge in [-0.1, -0.05) is 11.6 Å². The summed E-state index contributed by atoms with van der Waals surface area (Å²) >= 11 is 5.94. The highest BCUT2D eigenvalue weighted by Crippen LogP contribution is 2.20. The molecule has 0 spiro atoms. The minimum atomic E-state index is -0.767. The summed E-state index contributed by atoms with van der Waals surface area (Å²) in [7, 11) is 0. The first-order valence-corrected chi connectivity index (χ1v) is 8.03. The molecular weight excluding hydrogens is 358 g/mol. The monoisotopic (exact) mass is 378 g/mol. The molecule has 5 nitrogen and oxygen atoms in total. The van der Waals surface area contributed by atoms with Gasteiger partial charge in [-0.15, -0.1) is 12.4 Å². The van der Waals surface area contributed by atoms with Crippen LogP contribution < -0.4 is 0 Å². The van der Waals surface area contributed by atoms with Crippen molar-refractivity contribution >= 4 is 35.9 Å². The van der Waals surface area contributed by atoms with E-state index in [0.29, 0.717) is 25.1 Å². The fourth-order valence-electron chi connectivity index (χ4n) is 2.62. The second kappa shape index (κ2) is 9.81. The molecule has 134 valence electrons. The Morgan fingerprint density at radius 1 is 1.17 bits per heavy atom. The molecule has 1 saturated heterocycles. The fourth-order valence-corrected chi connectivity index (χ4v) is 2.87. The Labute approximate surface area is 151 Å². The van der Waals surface area contributed by atoms with Crippen LogP contribution in [0, 0.1) is 5.82 Å². The smallest absolute Gasteiger partial charge is 0.303 e. The number of carboxylic acids is 1. The molecule has 1 aromatic carbocycles. The Bertz CT molecular complexity index is 578. The van der Waals surface area contributed by atoms with Crippen molar-refractivity contribution in [3.05, 3.63) is 34.6 Å². The van der Waals surface area contributed by atoms with E-state index in [1.54, 1.807) is 4.90 Å². The highest BCUT2D eigenvalue weighted by atomic mass is 35.5. The highest BCUT2D eigenvalue weighted by Gasteiger charge is 2.23. The minimum absolute atomic E-state index is 0. The fraction of sp³-hybridized carbons (Fsp3) is 0.500. The molecule has 1 aromatic rings. The van der Waals surface area contributed by atoms with Crippen LogP contribution in [0.15, 0.2) is 18.2 Å². The molecule has 1 fully saturated rings. The summed E-state index contributed by atoms with van der Waals surface area (Å²) in [6, 6.07) is 3.80. The van der Waals surface area contributed by atoms with Crippen LogP contribution in [0.1, 0.15) is 29.6 Å². The van der Waals surface area contributed by atoms with Crippen LogP contribution >= 0.6 is 24.0 Å². The van der Waals surface area contributed by atoms with Crippen molar-refractivity contribution in [1.82, 2.24) is 9.80 Å². The molecule has 0 saturated carbocycles. The molecule has 8 heteroatoms. The van der Waals surface area contributed by atoms with E-state index in [4.69, 9.17) is 16.7 Å². The molecule has 0 bridgehead atoms. The van der Waals surface area contributed by atoms with Crippen molar-refractivity contribution in [1.29, 1.82) is 0 Å². The first-order valence-electron chi connectivity index (χ1n) is 7.66. The van der Waals surface area contributed by atoms with Gasteiger partial charge in [-0.05, 0) is 37.6 Å². The molecular formula is C16H21Cl2FN2O3. The van der Waals surface area contributed by atoms with E-state index in [-0.39, 0.29) is 29.8 Å². The highest BCUT2D eigenvalue weighted by molar-refractivity contribution is 6.33. The van der Waals surface area contributed by atoms with Gasteiger partial charge in [0.1, 0.15) is 5.82 Å². The number of nitrogens with zero attached hydrogens (tertiary/aromatic N) is 2. The van der Waals surface area contributed by atoms with Crippen LogP contribution in [0.2, 0.25) is 5.02 Å². The number of carbonyl (C=O) groups is 2. The van der Waals surface area contributed by atoms with Crippen molar-refractivity contribution < 1.29 is 19.1 Å². The van der Waals surface area contributed by atoms with Gasteiger partial charge in [-0.2, -0.15) is 0 Å². The Morgan fingerprint density at radius 3 is 2.42 bits per heavy atom. The van der Waals surface area contributed by atoms with E-state index in [2.05, 4.69) is 4.90 Å². The molecule has 1 aliphatic rings. The predicted molar refractivity (Wildman–Crippen MR) is 92.5 cm³/mol. The molecule has 2 rings (SSSR count). The zero-order valence-electron chi connectivity index (χ0n) is 13.2. The van der Waals surface area contributed by atoms with Crippen molar-refractivity contribution in [3.63, 3.8) is 0 Å². The SMILES string of the molecule is Cl.O=C(O)CCCCN1CCN(C(=O)c2ccc(F)cc2Cl)CC1. The van der Waals surface area contributed by atoms with Crippen molar-refractivity contribution in [2.45, 2.75) is 19.3 Å². The summed E-state index contributed by atoms with van der Waals surface area (Å²) in [6.07, 6.45) is 1.70. The number of carbonyl (C=O) groups excluding carboxylic acids is 1.